The molecule has 2 heterocycles. The van der Waals surface area contributed by atoms with Crippen molar-refractivity contribution in [2.45, 2.75) is 39.2 Å². The second kappa shape index (κ2) is 8.78. The van der Waals surface area contributed by atoms with Gasteiger partial charge in [0.1, 0.15) is 5.75 Å². The van der Waals surface area contributed by atoms with Gasteiger partial charge in [0.2, 0.25) is 11.8 Å². The van der Waals surface area contributed by atoms with E-state index in [1.807, 2.05) is 50.2 Å². The summed E-state index contributed by atoms with van der Waals surface area (Å²) >= 11 is 0. The van der Waals surface area contributed by atoms with E-state index in [1.54, 1.807) is 4.90 Å². The van der Waals surface area contributed by atoms with E-state index in [2.05, 4.69) is 22.3 Å². The molecule has 2 fully saturated rings. The highest BCUT2D eigenvalue weighted by Gasteiger charge is 2.35. The summed E-state index contributed by atoms with van der Waals surface area (Å²) in [6.07, 6.45) is 2.80. The van der Waals surface area contributed by atoms with Gasteiger partial charge in [-0.1, -0.05) is 0 Å². The number of hydrogen-bond acceptors (Lipinski definition) is 4. The van der Waals surface area contributed by atoms with Crippen LogP contribution in [0.4, 0.5) is 17.1 Å². The minimum Gasteiger partial charge on any atom is -0.491 e. The number of benzene rings is 2. The molecule has 2 aliphatic heterocycles. The van der Waals surface area contributed by atoms with E-state index in [-0.39, 0.29) is 30.3 Å². The second-order valence-electron chi connectivity index (χ2n) is 8.30. The normalized spacial score (nSPS) is 18.9. The van der Waals surface area contributed by atoms with Crippen LogP contribution in [0.1, 0.15) is 33.1 Å². The first-order chi connectivity index (χ1) is 14.5. The average Bonchev–Trinajstić information content (AvgIpc) is 3.39. The highest BCUT2D eigenvalue weighted by Crippen LogP contribution is 2.29. The number of nitrogens with zero attached hydrogens (tertiary/aromatic N) is 2. The Morgan fingerprint density at radius 2 is 1.63 bits per heavy atom. The minimum atomic E-state index is -0.359. The summed E-state index contributed by atoms with van der Waals surface area (Å²) in [7, 11) is 0. The van der Waals surface area contributed by atoms with E-state index in [9.17, 15) is 9.59 Å². The lowest BCUT2D eigenvalue weighted by atomic mass is 10.1. The first kappa shape index (κ1) is 20.3. The van der Waals surface area contributed by atoms with Gasteiger partial charge in [0.15, 0.2) is 0 Å². The molecule has 0 bridgehead atoms. The Kier molecular flexibility index (Phi) is 5.93. The van der Waals surface area contributed by atoms with Crippen LogP contribution in [0, 0.1) is 5.92 Å². The number of ether oxygens (including phenoxy) is 1. The number of anilines is 3. The summed E-state index contributed by atoms with van der Waals surface area (Å²) < 4.78 is 5.62. The lowest BCUT2D eigenvalue weighted by Gasteiger charge is -2.20. The molecule has 0 spiro atoms. The highest BCUT2D eigenvalue weighted by atomic mass is 16.5. The quantitative estimate of drug-likeness (QED) is 0.784. The maximum absolute atomic E-state index is 12.7. The Hall–Kier alpha value is -3.02. The number of carbonyl (C=O) groups excluding carboxylic acids is 2. The Balaban J connectivity index is 1.36. The molecule has 2 amide bonds. The highest BCUT2D eigenvalue weighted by molar-refractivity contribution is 6.03. The van der Waals surface area contributed by atoms with Crippen molar-refractivity contribution in [1.29, 1.82) is 0 Å². The topological polar surface area (TPSA) is 61.9 Å². The Morgan fingerprint density at radius 3 is 2.27 bits per heavy atom. The molecule has 2 aromatic carbocycles. The van der Waals surface area contributed by atoms with Gasteiger partial charge in [0.05, 0.1) is 12.0 Å². The van der Waals surface area contributed by atoms with E-state index in [0.29, 0.717) is 12.2 Å². The lowest BCUT2D eigenvalue weighted by Crippen LogP contribution is -2.28. The Labute approximate surface area is 177 Å². The molecule has 1 N–H and O–H groups in total. The Morgan fingerprint density at radius 1 is 1.00 bits per heavy atom. The van der Waals surface area contributed by atoms with Crippen LogP contribution < -0.4 is 19.9 Å². The summed E-state index contributed by atoms with van der Waals surface area (Å²) in [4.78, 5) is 29.3. The number of amides is 2. The monoisotopic (exact) mass is 407 g/mol. The summed E-state index contributed by atoms with van der Waals surface area (Å²) in [5.41, 5.74) is 2.76. The van der Waals surface area contributed by atoms with Gasteiger partial charge in [-0.15, -0.1) is 0 Å². The third-order valence-corrected chi connectivity index (χ3v) is 5.62. The average molecular weight is 408 g/mol. The molecule has 2 aliphatic rings. The van der Waals surface area contributed by atoms with Gasteiger partial charge in [0, 0.05) is 43.1 Å². The van der Waals surface area contributed by atoms with E-state index in [1.165, 1.54) is 18.5 Å². The van der Waals surface area contributed by atoms with Crippen LogP contribution in [0.25, 0.3) is 0 Å². The zero-order valence-corrected chi connectivity index (χ0v) is 17.6. The fraction of sp³-hybridized carbons (Fsp3) is 0.417. The van der Waals surface area contributed by atoms with Crippen molar-refractivity contribution in [2.24, 2.45) is 5.92 Å². The van der Waals surface area contributed by atoms with Gasteiger partial charge in [-0.2, -0.15) is 0 Å². The van der Waals surface area contributed by atoms with Crippen molar-refractivity contribution in [1.82, 2.24) is 0 Å². The van der Waals surface area contributed by atoms with E-state index in [0.717, 1.165) is 24.5 Å². The fourth-order valence-electron chi connectivity index (χ4n) is 4.08. The maximum atomic E-state index is 12.7. The SMILES string of the molecule is CC(C)Oc1ccc(NC(=O)C2CC(=O)N(c3ccc(N4CCCC4)cc3)C2)cc1. The maximum Gasteiger partial charge on any atom is 0.229 e. The lowest BCUT2D eigenvalue weighted by molar-refractivity contribution is -0.122. The summed E-state index contributed by atoms with van der Waals surface area (Å²) in [5.74, 6) is 0.270. The number of carbonyl (C=O) groups is 2. The van der Waals surface area contributed by atoms with Crippen molar-refractivity contribution < 1.29 is 14.3 Å². The predicted molar refractivity (Wildman–Crippen MR) is 119 cm³/mol. The third-order valence-electron chi connectivity index (χ3n) is 5.62. The van der Waals surface area contributed by atoms with Gasteiger partial charge in [-0.25, -0.2) is 0 Å². The van der Waals surface area contributed by atoms with Crippen LogP contribution in [0.15, 0.2) is 48.5 Å². The molecule has 158 valence electrons. The molecule has 0 aromatic heterocycles. The van der Waals surface area contributed by atoms with Crippen LogP contribution in [-0.4, -0.2) is 37.6 Å². The molecule has 1 atom stereocenters. The molecule has 1 unspecified atom stereocenters. The van der Waals surface area contributed by atoms with Gasteiger partial charge in [-0.05, 0) is 75.2 Å². The molecule has 0 radical (unpaired) electrons. The fourth-order valence-corrected chi connectivity index (χ4v) is 4.08. The van der Waals surface area contributed by atoms with Crippen molar-refractivity contribution in [3.8, 4) is 5.75 Å². The van der Waals surface area contributed by atoms with Gasteiger partial charge < -0.3 is 19.9 Å². The van der Waals surface area contributed by atoms with Crippen LogP contribution in [0.3, 0.4) is 0 Å². The molecule has 30 heavy (non-hydrogen) atoms. The van der Waals surface area contributed by atoms with Gasteiger partial charge >= 0.3 is 0 Å². The zero-order valence-electron chi connectivity index (χ0n) is 17.6. The van der Waals surface area contributed by atoms with Crippen molar-refractivity contribution in [3.05, 3.63) is 48.5 Å². The standard InChI is InChI=1S/C24H29N3O3/c1-17(2)30-22-11-5-19(6-12-22)25-24(29)18-15-23(28)27(16-18)21-9-7-20(8-10-21)26-13-3-4-14-26/h5-12,17-18H,3-4,13-16H2,1-2H3,(H,25,29). The van der Waals surface area contributed by atoms with Crippen LogP contribution in [0.5, 0.6) is 5.75 Å². The predicted octanol–water partition coefficient (Wildman–Crippen LogP) is 4.07. The van der Waals surface area contributed by atoms with Crippen LogP contribution in [-0.2, 0) is 9.59 Å². The first-order valence-electron chi connectivity index (χ1n) is 10.7. The minimum absolute atomic E-state index is 0.00949. The van der Waals surface area contributed by atoms with Gasteiger partial charge in [-0.3, -0.25) is 9.59 Å². The number of rotatable bonds is 6. The van der Waals surface area contributed by atoms with Crippen LogP contribution >= 0.6 is 0 Å². The van der Waals surface area contributed by atoms with E-state index in [4.69, 9.17) is 4.74 Å². The number of hydrogen-bond donors (Lipinski definition) is 1. The van der Waals surface area contributed by atoms with Crippen molar-refractivity contribution in [3.63, 3.8) is 0 Å². The molecule has 6 heteroatoms. The summed E-state index contributed by atoms with van der Waals surface area (Å²) in [6, 6.07) is 15.4. The summed E-state index contributed by atoms with van der Waals surface area (Å²) in [5, 5.41) is 2.92. The largest absolute Gasteiger partial charge is 0.491 e. The van der Waals surface area contributed by atoms with E-state index < -0.39 is 0 Å². The van der Waals surface area contributed by atoms with Crippen molar-refractivity contribution in [2.75, 3.05) is 34.8 Å². The van der Waals surface area contributed by atoms with Crippen molar-refractivity contribution >= 4 is 28.9 Å². The molecule has 4 rings (SSSR count). The second-order valence-corrected chi connectivity index (χ2v) is 8.30. The Bertz CT molecular complexity index is 887. The number of nitrogens with one attached hydrogen (secondary N) is 1. The van der Waals surface area contributed by atoms with Crippen LogP contribution in [0.2, 0.25) is 0 Å². The zero-order chi connectivity index (χ0) is 21.1. The third kappa shape index (κ3) is 4.58. The molecule has 0 saturated carbocycles. The van der Waals surface area contributed by atoms with E-state index >= 15 is 0 Å². The summed E-state index contributed by atoms with van der Waals surface area (Å²) in [6.45, 7) is 6.53. The smallest absolute Gasteiger partial charge is 0.229 e. The molecule has 2 aromatic rings. The molecule has 6 nitrogen and oxygen atoms in total. The molecule has 0 aliphatic carbocycles. The van der Waals surface area contributed by atoms with Gasteiger partial charge in [0.25, 0.3) is 0 Å². The first-order valence-corrected chi connectivity index (χ1v) is 10.7. The molecule has 2 saturated heterocycles. The molecular weight excluding hydrogens is 378 g/mol. The molecular formula is C24H29N3O3.